The van der Waals surface area contributed by atoms with Gasteiger partial charge in [0.05, 0.1) is 13.7 Å². The van der Waals surface area contributed by atoms with Gasteiger partial charge in [-0.3, -0.25) is 0 Å². The Morgan fingerprint density at radius 2 is 2.35 bits per heavy atom. The lowest BCUT2D eigenvalue weighted by atomic mass is 9.87. The van der Waals surface area contributed by atoms with E-state index in [1.54, 1.807) is 13.4 Å². The Kier molecular flexibility index (Phi) is 3.69. The maximum absolute atomic E-state index is 5.34. The maximum atomic E-state index is 5.34. The lowest BCUT2D eigenvalue weighted by Gasteiger charge is -2.26. The molecule has 2 aromatic rings. The van der Waals surface area contributed by atoms with E-state index in [4.69, 9.17) is 4.74 Å². The molecule has 0 aliphatic heterocycles. The minimum absolute atomic E-state index is 0.366. The van der Waals surface area contributed by atoms with Crippen molar-refractivity contribution in [1.82, 2.24) is 20.1 Å². The normalized spacial score (nSPS) is 17.8. The molecule has 3 rings (SSSR count). The molecule has 1 unspecified atom stereocenters. The van der Waals surface area contributed by atoms with E-state index in [0.717, 1.165) is 31.0 Å². The van der Waals surface area contributed by atoms with Crippen LogP contribution in [0.3, 0.4) is 0 Å². The first kappa shape index (κ1) is 13.1. The number of methoxy groups -OCH3 is 1. The van der Waals surface area contributed by atoms with Gasteiger partial charge in [0.2, 0.25) is 0 Å². The molecule has 0 bridgehead atoms. The average Bonchev–Trinajstić information content (AvgIpc) is 2.89. The number of nitrogens with zero attached hydrogens (tertiary/aromatic N) is 3. The molecule has 1 atom stereocenters. The smallest absolute Gasteiger partial charge is 0.146 e. The zero-order valence-electron chi connectivity index (χ0n) is 12.0. The van der Waals surface area contributed by atoms with Crippen molar-refractivity contribution in [2.75, 3.05) is 7.11 Å². The van der Waals surface area contributed by atoms with Crippen molar-refractivity contribution < 1.29 is 4.74 Å². The van der Waals surface area contributed by atoms with Crippen LogP contribution in [0.2, 0.25) is 0 Å². The second-order valence-corrected chi connectivity index (χ2v) is 5.25. The lowest BCUT2D eigenvalue weighted by Crippen LogP contribution is -2.26. The highest BCUT2D eigenvalue weighted by atomic mass is 16.5. The largest absolute Gasteiger partial charge is 0.497 e. The van der Waals surface area contributed by atoms with E-state index in [1.165, 1.54) is 17.5 Å². The first-order valence-electron chi connectivity index (χ1n) is 7.01. The fraction of sp³-hybridized carbons (Fsp3) is 0.467. The standard InChI is InChI=1S/C15H20N4O/c1-19-10-17-18-15(19)9-16-14-5-3-4-11-6-7-12(20-2)8-13(11)14/h6-8,10,14,16H,3-5,9H2,1-2H3. The van der Waals surface area contributed by atoms with Crippen LogP contribution < -0.4 is 10.1 Å². The van der Waals surface area contributed by atoms with Crippen LogP contribution in [-0.2, 0) is 20.0 Å². The molecule has 106 valence electrons. The summed E-state index contributed by atoms with van der Waals surface area (Å²) in [7, 11) is 3.68. The summed E-state index contributed by atoms with van der Waals surface area (Å²) in [6.45, 7) is 0.734. The highest BCUT2D eigenvalue weighted by molar-refractivity contribution is 5.39. The molecule has 5 nitrogen and oxygen atoms in total. The van der Waals surface area contributed by atoms with Crippen LogP contribution in [-0.4, -0.2) is 21.9 Å². The molecule has 1 heterocycles. The molecule has 0 saturated heterocycles. The van der Waals surface area contributed by atoms with E-state index in [-0.39, 0.29) is 0 Å². The van der Waals surface area contributed by atoms with Crippen molar-refractivity contribution in [3.05, 3.63) is 41.5 Å². The molecule has 0 amide bonds. The molecule has 1 aromatic carbocycles. The molecule has 1 aliphatic rings. The van der Waals surface area contributed by atoms with Crippen molar-refractivity contribution in [3.8, 4) is 5.75 Å². The molecule has 0 radical (unpaired) electrons. The first-order chi connectivity index (χ1) is 9.78. The number of rotatable bonds is 4. The summed E-state index contributed by atoms with van der Waals surface area (Å²) in [4.78, 5) is 0. The number of nitrogens with one attached hydrogen (secondary N) is 1. The van der Waals surface area contributed by atoms with Crippen molar-refractivity contribution in [1.29, 1.82) is 0 Å². The van der Waals surface area contributed by atoms with Gasteiger partial charge in [0.1, 0.15) is 17.9 Å². The number of aryl methyl sites for hydroxylation is 2. The second-order valence-electron chi connectivity index (χ2n) is 5.25. The number of hydrogen-bond acceptors (Lipinski definition) is 4. The van der Waals surface area contributed by atoms with Gasteiger partial charge in [-0.15, -0.1) is 10.2 Å². The van der Waals surface area contributed by atoms with Gasteiger partial charge in [0.25, 0.3) is 0 Å². The third kappa shape index (κ3) is 2.54. The van der Waals surface area contributed by atoms with Gasteiger partial charge in [-0.05, 0) is 42.5 Å². The van der Waals surface area contributed by atoms with Gasteiger partial charge in [-0.25, -0.2) is 0 Å². The van der Waals surface area contributed by atoms with E-state index in [1.807, 2.05) is 17.7 Å². The summed E-state index contributed by atoms with van der Waals surface area (Å²) in [6.07, 6.45) is 5.25. The Morgan fingerprint density at radius 3 is 3.10 bits per heavy atom. The molecule has 5 heteroatoms. The fourth-order valence-corrected chi connectivity index (χ4v) is 2.80. The minimum atomic E-state index is 0.366. The van der Waals surface area contributed by atoms with Gasteiger partial charge in [-0.1, -0.05) is 6.07 Å². The van der Waals surface area contributed by atoms with Crippen molar-refractivity contribution in [2.45, 2.75) is 31.8 Å². The van der Waals surface area contributed by atoms with E-state index in [2.05, 4.69) is 27.6 Å². The fourth-order valence-electron chi connectivity index (χ4n) is 2.80. The maximum Gasteiger partial charge on any atom is 0.146 e. The van der Waals surface area contributed by atoms with Crippen LogP contribution in [0.4, 0.5) is 0 Å². The average molecular weight is 272 g/mol. The van der Waals surface area contributed by atoms with Crippen molar-refractivity contribution in [2.24, 2.45) is 7.05 Å². The van der Waals surface area contributed by atoms with E-state index in [9.17, 15) is 0 Å². The minimum Gasteiger partial charge on any atom is -0.497 e. The molecule has 0 saturated carbocycles. The van der Waals surface area contributed by atoms with Crippen LogP contribution in [0.5, 0.6) is 5.75 Å². The second kappa shape index (κ2) is 5.63. The van der Waals surface area contributed by atoms with E-state index < -0.39 is 0 Å². The van der Waals surface area contributed by atoms with Crippen LogP contribution in [0.15, 0.2) is 24.5 Å². The highest BCUT2D eigenvalue weighted by Gasteiger charge is 2.20. The predicted octanol–water partition coefficient (Wildman–Crippen LogP) is 1.99. The zero-order chi connectivity index (χ0) is 13.9. The highest BCUT2D eigenvalue weighted by Crippen LogP contribution is 2.32. The summed E-state index contributed by atoms with van der Waals surface area (Å²) in [5, 5.41) is 11.6. The summed E-state index contributed by atoms with van der Waals surface area (Å²) in [5.41, 5.74) is 2.78. The van der Waals surface area contributed by atoms with E-state index >= 15 is 0 Å². The molecule has 20 heavy (non-hydrogen) atoms. The number of fused-ring (bicyclic) bond motifs is 1. The van der Waals surface area contributed by atoms with E-state index in [0.29, 0.717) is 6.04 Å². The third-order valence-electron chi connectivity index (χ3n) is 3.98. The summed E-state index contributed by atoms with van der Waals surface area (Å²) < 4.78 is 7.29. The molecule has 1 aliphatic carbocycles. The van der Waals surface area contributed by atoms with Gasteiger partial charge < -0.3 is 14.6 Å². The number of ether oxygens (including phenoxy) is 1. The van der Waals surface area contributed by atoms with Crippen LogP contribution in [0.1, 0.15) is 35.8 Å². The summed E-state index contributed by atoms with van der Waals surface area (Å²) >= 11 is 0. The van der Waals surface area contributed by atoms with Gasteiger partial charge in [-0.2, -0.15) is 0 Å². The Labute approximate surface area is 119 Å². The summed E-state index contributed by atoms with van der Waals surface area (Å²) in [5.74, 6) is 1.89. The molecule has 1 N–H and O–H groups in total. The Hall–Kier alpha value is -1.88. The van der Waals surface area contributed by atoms with Gasteiger partial charge >= 0.3 is 0 Å². The van der Waals surface area contributed by atoms with Crippen LogP contribution in [0.25, 0.3) is 0 Å². The monoisotopic (exact) mass is 272 g/mol. The number of hydrogen-bond donors (Lipinski definition) is 1. The molecular weight excluding hydrogens is 252 g/mol. The van der Waals surface area contributed by atoms with Gasteiger partial charge in [0, 0.05) is 13.1 Å². The Morgan fingerprint density at radius 1 is 1.45 bits per heavy atom. The first-order valence-corrected chi connectivity index (χ1v) is 7.01. The Balaban J connectivity index is 1.77. The SMILES string of the molecule is COc1ccc2c(c1)C(NCc1nncn1C)CCC2. The van der Waals surface area contributed by atoms with Crippen LogP contribution >= 0.6 is 0 Å². The van der Waals surface area contributed by atoms with Crippen molar-refractivity contribution >= 4 is 0 Å². The quantitative estimate of drug-likeness (QED) is 0.925. The van der Waals surface area contributed by atoms with Gasteiger partial charge in [0.15, 0.2) is 0 Å². The van der Waals surface area contributed by atoms with Crippen molar-refractivity contribution in [3.63, 3.8) is 0 Å². The third-order valence-corrected chi connectivity index (χ3v) is 3.98. The molecule has 0 fully saturated rings. The topological polar surface area (TPSA) is 52.0 Å². The number of benzene rings is 1. The predicted molar refractivity (Wildman–Crippen MR) is 76.5 cm³/mol. The van der Waals surface area contributed by atoms with Crippen LogP contribution in [0, 0.1) is 0 Å². The molecule has 0 spiro atoms. The molecular formula is C15H20N4O. The summed E-state index contributed by atoms with van der Waals surface area (Å²) in [6, 6.07) is 6.75. The molecule has 1 aromatic heterocycles. The lowest BCUT2D eigenvalue weighted by molar-refractivity contribution is 0.407. The Bertz CT molecular complexity index is 593. The zero-order valence-corrected chi connectivity index (χ0v) is 12.0. The number of aromatic nitrogens is 3.